The first-order valence-corrected chi connectivity index (χ1v) is 7.78. The van der Waals surface area contributed by atoms with Crippen LogP contribution in [0.1, 0.15) is 12.0 Å². The van der Waals surface area contributed by atoms with Gasteiger partial charge in [0.25, 0.3) is 0 Å². The molecule has 0 unspecified atom stereocenters. The Morgan fingerprint density at radius 1 is 1.25 bits per heavy atom. The quantitative estimate of drug-likeness (QED) is 0.817. The molecule has 7 heteroatoms. The van der Waals surface area contributed by atoms with Gasteiger partial charge in [0.15, 0.2) is 0 Å². The van der Waals surface area contributed by atoms with Crippen LogP contribution in [-0.4, -0.2) is 50.8 Å². The number of hydrogen-bond acceptors (Lipinski definition) is 4. The zero-order valence-corrected chi connectivity index (χ0v) is 12.0. The molecule has 0 radical (unpaired) electrons. The van der Waals surface area contributed by atoms with E-state index in [2.05, 4.69) is 0 Å². The Labute approximate surface area is 118 Å². The van der Waals surface area contributed by atoms with Gasteiger partial charge in [-0.2, -0.15) is 9.57 Å². The molecule has 108 valence electrons. The van der Waals surface area contributed by atoms with Gasteiger partial charge in [0.05, 0.1) is 0 Å². The van der Waals surface area contributed by atoms with Crippen LogP contribution in [0.15, 0.2) is 23.1 Å². The topological polar surface area (TPSA) is 64.4 Å². The van der Waals surface area contributed by atoms with Crippen molar-refractivity contribution < 1.29 is 12.8 Å². The zero-order valence-electron chi connectivity index (χ0n) is 11.2. The summed E-state index contributed by atoms with van der Waals surface area (Å²) in [6, 6.07) is 5.33. The molecule has 0 aromatic heterocycles. The van der Waals surface area contributed by atoms with Gasteiger partial charge in [-0.1, -0.05) is 6.07 Å². The van der Waals surface area contributed by atoms with Crippen molar-refractivity contribution in [1.82, 2.24) is 9.21 Å². The second-order valence-corrected chi connectivity index (χ2v) is 6.69. The third-order valence-corrected chi connectivity index (χ3v) is 5.32. The first kappa shape index (κ1) is 14.9. The summed E-state index contributed by atoms with van der Waals surface area (Å²) in [6.07, 6.45) is 0.715. The zero-order chi connectivity index (χ0) is 14.8. The van der Waals surface area contributed by atoms with Crippen LogP contribution in [0.25, 0.3) is 0 Å². The fourth-order valence-electron chi connectivity index (χ4n) is 2.23. The van der Waals surface area contributed by atoms with Crippen LogP contribution >= 0.6 is 0 Å². The van der Waals surface area contributed by atoms with Gasteiger partial charge in [0, 0.05) is 19.6 Å². The molecule has 1 aromatic carbocycles. The number of rotatable bonds is 2. The van der Waals surface area contributed by atoms with Gasteiger partial charge < -0.3 is 4.90 Å². The summed E-state index contributed by atoms with van der Waals surface area (Å²) >= 11 is 0. The highest BCUT2D eigenvalue weighted by Crippen LogP contribution is 2.22. The Morgan fingerprint density at radius 2 is 2.00 bits per heavy atom. The van der Waals surface area contributed by atoms with Gasteiger partial charge in [0.1, 0.15) is 22.3 Å². The number of nitriles is 1. The lowest BCUT2D eigenvalue weighted by atomic mass is 10.2. The van der Waals surface area contributed by atoms with E-state index in [1.165, 1.54) is 16.4 Å². The molecule has 2 rings (SSSR count). The summed E-state index contributed by atoms with van der Waals surface area (Å²) in [4.78, 5) is 1.80. The van der Waals surface area contributed by atoms with E-state index in [0.717, 1.165) is 12.6 Å². The molecule has 0 saturated carbocycles. The molecule has 1 aliphatic heterocycles. The molecule has 1 aliphatic rings. The van der Waals surface area contributed by atoms with Crippen LogP contribution in [0.2, 0.25) is 0 Å². The SMILES string of the molecule is CN1CCCN(S(=O)(=O)c2cccc(F)c2C#N)CC1. The molecule has 0 amide bonds. The van der Waals surface area contributed by atoms with Gasteiger partial charge in [0.2, 0.25) is 10.0 Å². The van der Waals surface area contributed by atoms with Crippen LogP contribution in [0.4, 0.5) is 4.39 Å². The van der Waals surface area contributed by atoms with Crippen molar-refractivity contribution in [3.63, 3.8) is 0 Å². The van der Waals surface area contributed by atoms with Gasteiger partial charge in [-0.25, -0.2) is 12.8 Å². The van der Waals surface area contributed by atoms with Crippen molar-refractivity contribution in [1.29, 1.82) is 5.26 Å². The number of likely N-dealkylation sites (N-methyl/N-ethyl adjacent to an activating group) is 1. The Bertz CT molecular complexity index is 640. The van der Waals surface area contributed by atoms with E-state index in [1.807, 2.05) is 11.9 Å². The standard InChI is InChI=1S/C13H16FN3O2S/c1-16-6-3-7-17(9-8-16)20(18,19)13-5-2-4-12(14)11(13)10-15/h2,4-5H,3,6-9H2,1H3. The average molecular weight is 297 g/mol. The van der Waals surface area contributed by atoms with E-state index < -0.39 is 21.4 Å². The average Bonchev–Trinajstić information content (AvgIpc) is 2.63. The number of halogens is 1. The molecule has 1 heterocycles. The van der Waals surface area contributed by atoms with Crippen molar-refractivity contribution in [3.8, 4) is 6.07 Å². The second-order valence-electron chi connectivity index (χ2n) is 4.79. The third-order valence-electron chi connectivity index (χ3n) is 3.38. The number of benzene rings is 1. The maximum Gasteiger partial charge on any atom is 0.244 e. The first-order chi connectivity index (χ1) is 9.46. The molecule has 0 bridgehead atoms. The Kier molecular flexibility index (Phi) is 4.38. The van der Waals surface area contributed by atoms with Crippen molar-refractivity contribution in [2.24, 2.45) is 0 Å². The molecule has 0 aliphatic carbocycles. The molecular weight excluding hydrogens is 281 g/mol. The van der Waals surface area contributed by atoms with Crippen LogP contribution in [-0.2, 0) is 10.0 Å². The highest BCUT2D eigenvalue weighted by atomic mass is 32.2. The van der Waals surface area contributed by atoms with Crippen LogP contribution < -0.4 is 0 Å². The minimum absolute atomic E-state index is 0.246. The summed E-state index contributed by atoms with van der Waals surface area (Å²) in [7, 11) is -1.90. The van der Waals surface area contributed by atoms with Gasteiger partial charge in [-0.3, -0.25) is 0 Å². The van der Waals surface area contributed by atoms with Crippen molar-refractivity contribution in [2.45, 2.75) is 11.3 Å². The fraction of sp³-hybridized carbons (Fsp3) is 0.462. The lowest BCUT2D eigenvalue weighted by Gasteiger charge is -2.20. The molecule has 1 aromatic rings. The minimum atomic E-state index is -3.83. The van der Waals surface area contributed by atoms with E-state index in [0.29, 0.717) is 26.1 Å². The van der Waals surface area contributed by atoms with E-state index in [-0.39, 0.29) is 4.90 Å². The Morgan fingerprint density at radius 3 is 2.70 bits per heavy atom. The molecule has 1 fully saturated rings. The molecule has 1 saturated heterocycles. The van der Waals surface area contributed by atoms with Crippen molar-refractivity contribution in [3.05, 3.63) is 29.6 Å². The fourth-order valence-corrected chi connectivity index (χ4v) is 3.85. The highest BCUT2D eigenvalue weighted by molar-refractivity contribution is 7.89. The Balaban J connectivity index is 2.41. The predicted octanol–water partition coefficient (Wildman–Crippen LogP) is 1.02. The number of hydrogen-bond donors (Lipinski definition) is 0. The Hall–Kier alpha value is -1.49. The molecule has 0 N–H and O–H groups in total. The van der Waals surface area contributed by atoms with Crippen LogP contribution in [0.3, 0.4) is 0 Å². The minimum Gasteiger partial charge on any atom is -0.305 e. The largest absolute Gasteiger partial charge is 0.305 e. The summed E-state index contributed by atoms with van der Waals surface area (Å²) in [5, 5.41) is 8.98. The van der Waals surface area contributed by atoms with E-state index in [1.54, 1.807) is 6.07 Å². The molecule has 0 spiro atoms. The molecule has 0 atom stereocenters. The molecule has 5 nitrogen and oxygen atoms in total. The normalized spacial score (nSPS) is 18.4. The maximum absolute atomic E-state index is 13.6. The molecular formula is C13H16FN3O2S. The summed E-state index contributed by atoms with van der Waals surface area (Å²) in [5.41, 5.74) is -0.412. The van der Waals surface area contributed by atoms with Crippen LogP contribution in [0.5, 0.6) is 0 Å². The smallest absolute Gasteiger partial charge is 0.244 e. The van der Waals surface area contributed by atoms with Gasteiger partial charge in [-0.15, -0.1) is 0 Å². The summed E-state index contributed by atoms with van der Waals surface area (Å²) in [5.74, 6) is -0.805. The molecule has 20 heavy (non-hydrogen) atoms. The predicted molar refractivity (Wildman–Crippen MR) is 72.0 cm³/mol. The second kappa shape index (κ2) is 5.87. The van der Waals surface area contributed by atoms with E-state index >= 15 is 0 Å². The highest BCUT2D eigenvalue weighted by Gasteiger charge is 2.29. The first-order valence-electron chi connectivity index (χ1n) is 6.34. The van der Waals surface area contributed by atoms with Crippen molar-refractivity contribution in [2.75, 3.05) is 33.2 Å². The van der Waals surface area contributed by atoms with Crippen LogP contribution in [0, 0.1) is 17.1 Å². The third kappa shape index (κ3) is 2.82. The summed E-state index contributed by atoms with van der Waals surface area (Å²) < 4.78 is 40.0. The van der Waals surface area contributed by atoms with E-state index in [4.69, 9.17) is 5.26 Å². The monoisotopic (exact) mass is 297 g/mol. The lowest BCUT2D eigenvalue weighted by Crippen LogP contribution is -2.35. The van der Waals surface area contributed by atoms with Crippen molar-refractivity contribution >= 4 is 10.0 Å². The summed E-state index contributed by atoms with van der Waals surface area (Å²) in [6.45, 7) is 2.17. The van der Waals surface area contributed by atoms with Gasteiger partial charge >= 0.3 is 0 Å². The van der Waals surface area contributed by atoms with E-state index in [9.17, 15) is 12.8 Å². The maximum atomic E-state index is 13.6. The van der Waals surface area contributed by atoms with Gasteiger partial charge in [-0.05, 0) is 32.1 Å². The lowest BCUT2D eigenvalue weighted by molar-refractivity contribution is 0.347. The number of nitrogens with zero attached hydrogens (tertiary/aromatic N) is 3. The number of sulfonamides is 1.